The summed E-state index contributed by atoms with van der Waals surface area (Å²) < 4.78 is 6.15. The first kappa shape index (κ1) is 14.8. The van der Waals surface area contributed by atoms with Crippen molar-refractivity contribution in [3.05, 3.63) is 16.9 Å². The molecule has 0 saturated heterocycles. The van der Waals surface area contributed by atoms with Crippen LogP contribution in [0, 0.1) is 0 Å². The number of carbonyl (C=O) groups excluding carboxylic acids is 2. The zero-order valence-electron chi connectivity index (χ0n) is 10.0. The second-order valence-corrected chi connectivity index (χ2v) is 4.20. The molecule has 0 saturated carbocycles. The predicted molar refractivity (Wildman–Crippen MR) is 70.0 cm³/mol. The maximum absolute atomic E-state index is 11.9. The molecule has 6 nitrogen and oxygen atoms in total. The fourth-order valence-corrected chi connectivity index (χ4v) is 1.81. The van der Waals surface area contributed by atoms with Crippen LogP contribution in [0.3, 0.4) is 0 Å². The van der Waals surface area contributed by atoms with Crippen LogP contribution in [0.15, 0.2) is 6.20 Å². The fraction of sp³-hybridized carbons (Fsp3) is 0.500. The number of ether oxygens (including phenoxy) is 1. The van der Waals surface area contributed by atoms with Crippen molar-refractivity contribution in [2.45, 2.75) is 13.0 Å². The number of hydrogen-bond donors (Lipinski definition) is 2. The van der Waals surface area contributed by atoms with Gasteiger partial charge in [0.1, 0.15) is 11.7 Å². The van der Waals surface area contributed by atoms with Gasteiger partial charge in [0.25, 0.3) is 5.91 Å². The van der Waals surface area contributed by atoms with Gasteiger partial charge in [-0.25, -0.2) is 4.79 Å². The Labute approximate surface area is 115 Å². The van der Waals surface area contributed by atoms with Gasteiger partial charge in [0, 0.05) is 12.8 Å². The average Bonchev–Trinajstić information content (AvgIpc) is 2.66. The molecule has 0 fully saturated rings. The Morgan fingerprint density at radius 3 is 2.78 bits per heavy atom. The molecule has 1 aromatic rings. The molecule has 0 aromatic carbocycles. The first-order chi connectivity index (χ1) is 8.51. The van der Waals surface area contributed by atoms with Crippen molar-refractivity contribution in [1.29, 1.82) is 0 Å². The van der Waals surface area contributed by atoms with Crippen LogP contribution in [0.4, 0.5) is 0 Å². The number of carbonyl (C=O) groups is 2. The monoisotopic (exact) mass is 291 g/mol. The third kappa shape index (κ3) is 3.39. The lowest BCUT2D eigenvalue weighted by Crippen LogP contribution is -2.43. The van der Waals surface area contributed by atoms with Crippen molar-refractivity contribution in [3.63, 3.8) is 0 Å². The highest BCUT2D eigenvalue weighted by Gasteiger charge is 2.24. The molecule has 18 heavy (non-hydrogen) atoms. The van der Waals surface area contributed by atoms with Gasteiger partial charge in [0.05, 0.1) is 17.8 Å². The summed E-state index contributed by atoms with van der Waals surface area (Å²) in [6.45, 7) is 1.93. The van der Waals surface area contributed by atoms with Crippen molar-refractivity contribution >= 4 is 36.1 Å². The van der Waals surface area contributed by atoms with E-state index in [-0.39, 0.29) is 23.1 Å². The van der Waals surface area contributed by atoms with E-state index in [0.717, 1.165) is 0 Å². The number of esters is 1. The molecule has 1 aromatic heterocycles. The van der Waals surface area contributed by atoms with Crippen LogP contribution in [0.25, 0.3) is 0 Å². The number of nitrogens with one attached hydrogen (secondary N) is 1. The number of thiol groups is 1. The highest BCUT2D eigenvalue weighted by atomic mass is 35.5. The van der Waals surface area contributed by atoms with Crippen molar-refractivity contribution < 1.29 is 14.3 Å². The molecule has 0 radical (unpaired) electrons. The molecule has 0 aliphatic carbocycles. The third-order valence-electron chi connectivity index (χ3n) is 2.17. The molecule has 0 aliphatic rings. The molecule has 0 bridgehead atoms. The second kappa shape index (κ2) is 6.65. The lowest BCUT2D eigenvalue weighted by Gasteiger charge is -2.15. The van der Waals surface area contributed by atoms with Gasteiger partial charge in [-0.15, -0.1) is 0 Å². The molecule has 1 amide bonds. The molecule has 0 unspecified atom stereocenters. The molecule has 1 atom stereocenters. The summed E-state index contributed by atoms with van der Waals surface area (Å²) in [5.74, 6) is -0.883. The largest absolute Gasteiger partial charge is 0.464 e. The number of nitrogens with zero attached hydrogens (tertiary/aromatic N) is 2. The van der Waals surface area contributed by atoms with E-state index in [9.17, 15) is 9.59 Å². The summed E-state index contributed by atoms with van der Waals surface area (Å²) in [6.07, 6.45) is 1.36. The molecule has 1 N–H and O–H groups in total. The number of aryl methyl sites for hydroxylation is 1. The molecule has 0 spiro atoms. The topological polar surface area (TPSA) is 73.2 Å². The summed E-state index contributed by atoms with van der Waals surface area (Å²) in [7, 11) is 1.58. The van der Waals surface area contributed by atoms with E-state index in [2.05, 4.69) is 23.0 Å². The minimum Gasteiger partial charge on any atom is -0.464 e. The zero-order valence-corrected chi connectivity index (χ0v) is 11.7. The molecule has 0 aliphatic heterocycles. The second-order valence-electron chi connectivity index (χ2n) is 3.43. The average molecular weight is 292 g/mol. The van der Waals surface area contributed by atoms with Crippen LogP contribution in [-0.4, -0.2) is 40.1 Å². The van der Waals surface area contributed by atoms with Crippen LogP contribution in [0.5, 0.6) is 0 Å². The molecule has 8 heteroatoms. The quantitative estimate of drug-likeness (QED) is 0.618. The zero-order chi connectivity index (χ0) is 13.7. The summed E-state index contributed by atoms with van der Waals surface area (Å²) >= 11 is 9.83. The van der Waals surface area contributed by atoms with Gasteiger partial charge in [-0.2, -0.15) is 17.7 Å². The molecule has 1 heterocycles. The van der Waals surface area contributed by atoms with Crippen molar-refractivity contribution in [2.24, 2.45) is 7.05 Å². The van der Waals surface area contributed by atoms with Crippen molar-refractivity contribution in [3.8, 4) is 0 Å². The number of hydrogen-bond acceptors (Lipinski definition) is 5. The summed E-state index contributed by atoms with van der Waals surface area (Å²) in [4.78, 5) is 23.4. The van der Waals surface area contributed by atoms with Crippen LogP contribution < -0.4 is 5.32 Å². The van der Waals surface area contributed by atoms with Crippen LogP contribution in [0.2, 0.25) is 5.02 Å². The minimum absolute atomic E-state index is 0.139. The maximum atomic E-state index is 11.9. The van der Waals surface area contributed by atoms with Crippen molar-refractivity contribution in [2.75, 3.05) is 12.4 Å². The lowest BCUT2D eigenvalue weighted by atomic mass is 10.3. The van der Waals surface area contributed by atoms with E-state index in [4.69, 9.17) is 16.3 Å². The molecule has 100 valence electrons. The van der Waals surface area contributed by atoms with Gasteiger partial charge in [-0.3, -0.25) is 9.48 Å². The standard InChI is InChI=1S/C10H14ClN3O3S/c1-3-17-10(16)7(5-18)13-9(15)8-6(11)4-12-14(8)2/h4,7,18H,3,5H2,1-2H3,(H,13,15)/t7-/m0/s1. The Balaban J connectivity index is 2.77. The van der Waals surface area contributed by atoms with E-state index in [0.29, 0.717) is 0 Å². The van der Waals surface area contributed by atoms with E-state index in [1.807, 2.05) is 0 Å². The number of rotatable bonds is 5. The summed E-state index contributed by atoms with van der Waals surface area (Å²) in [6, 6.07) is -0.813. The van der Waals surface area contributed by atoms with Crippen LogP contribution >= 0.6 is 24.2 Å². The summed E-state index contributed by atoms with van der Waals surface area (Å²) in [5.41, 5.74) is 0.188. The van der Waals surface area contributed by atoms with Gasteiger partial charge < -0.3 is 10.1 Å². The minimum atomic E-state index is -0.813. The maximum Gasteiger partial charge on any atom is 0.329 e. The number of amides is 1. The Bertz CT molecular complexity index is 430. The van der Waals surface area contributed by atoms with Crippen LogP contribution in [-0.2, 0) is 16.6 Å². The first-order valence-corrected chi connectivity index (χ1v) is 6.28. The van der Waals surface area contributed by atoms with Crippen LogP contribution in [0.1, 0.15) is 17.4 Å². The Morgan fingerprint density at radius 1 is 1.67 bits per heavy atom. The van der Waals surface area contributed by atoms with Gasteiger partial charge in [-0.1, -0.05) is 11.6 Å². The van der Waals surface area contributed by atoms with E-state index in [1.165, 1.54) is 10.9 Å². The SMILES string of the molecule is CCOC(=O)[C@H](CS)NC(=O)c1c(Cl)cnn1C. The normalized spacial score (nSPS) is 12.0. The lowest BCUT2D eigenvalue weighted by molar-refractivity contribution is -0.144. The van der Waals surface area contributed by atoms with Gasteiger partial charge in [0.15, 0.2) is 0 Å². The van der Waals surface area contributed by atoms with Gasteiger partial charge >= 0.3 is 5.97 Å². The smallest absolute Gasteiger partial charge is 0.329 e. The third-order valence-corrected chi connectivity index (χ3v) is 2.81. The summed E-state index contributed by atoms with van der Waals surface area (Å²) in [5, 5.41) is 6.56. The number of halogens is 1. The molecular formula is C10H14ClN3O3S. The fourth-order valence-electron chi connectivity index (χ4n) is 1.31. The first-order valence-electron chi connectivity index (χ1n) is 5.27. The van der Waals surface area contributed by atoms with Gasteiger partial charge in [-0.05, 0) is 6.92 Å². The Morgan fingerprint density at radius 2 is 2.33 bits per heavy atom. The van der Waals surface area contributed by atoms with E-state index in [1.54, 1.807) is 14.0 Å². The number of aromatic nitrogens is 2. The van der Waals surface area contributed by atoms with Crippen molar-refractivity contribution in [1.82, 2.24) is 15.1 Å². The van der Waals surface area contributed by atoms with Gasteiger partial charge in [0.2, 0.25) is 0 Å². The molecule has 1 rings (SSSR count). The highest BCUT2D eigenvalue weighted by Crippen LogP contribution is 2.13. The van der Waals surface area contributed by atoms with E-state index >= 15 is 0 Å². The molecular weight excluding hydrogens is 278 g/mol. The Hall–Kier alpha value is -1.21. The predicted octanol–water partition coefficient (Wildman–Crippen LogP) is 0.665. The highest BCUT2D eigenvalue weighted by molar-refractivity contribution is 7.80. The van der Waals surface area contributed by atoms with E-state index < -0.39 is 17.9 Å². The Kier molecular flexibility index (Phi) is 5.49.